The standard InChI is InChI=1S/C19H24N2O3S2/c22-19(12-9-17-6-5-15-25-17)20-16-7-10-18(11-8-16)26(23,24)21-13-3-1-2-4-14-21/h5-8,10-11,15H,1-4,9,12-14H2,(H,20,22). The Morgan fingerprint density at radius 1 is 1.04 bits per heavy atom. The molecule has 140 valence electrons. The number of anilines is 1. The van der Waals surface area contributed by atoms with Gasteiger partial charge in [0.2, 0.25) is 15.9 Å². The van der Waals surface area contributed by atoms with Crippen molar-refractivity contribution < 1.29 is 13.2 Å². The fraction of sp³-hybridized carbons (Fsp3) is 0.421. The Kier molecular flexibility index (Phi) is 6.45. The summed E-state index contributed by atoms with van der Waals surface area (Å²) in [6, 6.07) is 10.5. The van der Waals surface area contributed by atoms with Gasteiger partial charge < -0.3 is 5.32 Å². The molecule has 0 spiro atoms. The van der Waals surface area contributed by atoms with Gasteiger partial charge in [-0.1, -0.05) is 18.9 Å². The van der Waals surface area contributed by atoms with E-state index in [0.717, 1.165) is 25.7 Å². The van der Waals surface area contributed by atoms with E-state index in [-0.39, 0.29) is 10.8 Å². The highest BCUT2D eigenvalue weighted by Crippen LogP contribution is 2.22. The van der Waals surface area contributed by atoms with E-state index in [9.17, 15) is 13.2 Å². The maximum absolute atomic E-state index is 12.7. The first kappa shape index (κ1) is 19.1. The molecule has 1 aromatic carbocycles. The summed E-state index contributed by atoms with van der Waals surface area (Å²) in [6.07, 6.45) is 5.12. The summed E-state index contributed by atoms with van der Waals surface area (Å²) in [4.78, 5) is 13.5. The molecule has 0 atom stereocenters. The van der Waals surface area contributed by atoms with Gasteiger partial charge in [-0.15, -0.1) is 11.3 Å². The Morgan fingerprint density at radius 2 is 1.73 bits per heavy atom. The van der Waals surface area contributed by atoms with Gasteiger partial charge in [0.05, 0.1) is 4.90 Å². The number of amides is 1. The van der Waals surface area contributed by atoms with Gasteiger partial charge >= 0.3 is 0 Å². The predicted octanol–water partition coefficient (Wildman–Crippen LogP) is 3.88. The largest absolute Gasteiger partial charge is 0.326 e. The van der Waals surface area contributed by atoms with E-state index in [4.69, 9.17) is 0 Å². The van der Waals surface area contributed by atoms with E-state index >= 15 is 0 Å². The van der Waals surface area contributed by atoms with Crippen LogP contribution in [0, 0.1) is 0 Å². The quantitative estimate of drug-likeness (QED) is 0.811. The fourth-order valence-corrected chi connectivity index (χ4v) is 5.28. The number of hydrogen-bond donors (Lipinski definition) is 1. The number of hydrogen-bond acceptors (Lipinski definition) is 4. The van der Waals surface area contributed by atoms with Crippen molar-refractivity contribution in [3.05, 3.63) is 46.7 Å². The number of rotatable bonds is 6. The minimum Gasteiger partial charge on any atom is -0.326 e. The summed E-state index contributed by atoms with van der Waals surface area (Å²) in [5.41, 5.74) is 0.621. The van der Waals surface area contributed by atoms with Gasteiger partial charge in [-0.2, -0.15) is 4.31 Å². The average Bonchev–Trinajstić information content (AvgIpc) is 3.00. The molecule has 1 aromatic heterocycles. The Morgan fingerprint density at radius 3 is 2.35 bits per heavy atom. The molecular weight excluding hydrogens is 368 g/mol. The molecule has 2 heterocycles. The lowest BCUT2D eigenvalue weighted by Crippen LogP contribution is -2.31. The van der Waals surface area contributed by atoms with Crippen molar-refractivity contribution in [3.63, 3.8) is 0 Å². The molecule has 2 aromatic rings. The van der Waals surface area contributed by atoms with Crippen molar-refractivity contribution in [2.24, 2.45) is 0 Å². The van der Waals surface area contributed by atoms with Gasteiger partial charge in [0.1, 0.15) is 0 Å². The van der Waals surface area contributed by atoms with Gasteiger partial charge in [-0.25, -0.2) is 8.42 Å². The van der Waals surface area contributed by atoms with Crippen LogP contribution in [0.3, 0.4) is 0 Å². The maximum Gasteiger partial charge on any atom is 0.243 e. The van der Waals surface area contributed by atoms with Crippen molar-refractivity contribution in [3.8, 4) is 0 Å². The zero-order valence-electron chi connectivity index (χ0n) is 14.7. The topological polar surface area (TPSA) is 66.5 Å². The summed E-state index contributed by atoms with van der Waals surface area (Å²) >= 11 is 1.64. The molecule has 3 rings (SSSR count). The van der Waals surface area contributed by atoms with Crippen molar-refractivity contribution in [1.82, 2.24) is 4.31 Å². The Bertz CT molecular complexity index is 807. The Balaban J connectivity index is 1.59. The monoisotopic (exact) mass is 392 g/mol. The second kappa shape index (κ2) is 8.79. The van der Waals surface area contributed by atoms with Crippen LogP contribution in [-0.2, 0) is 21.2 Å². The van der Waals surface area contributed by atoms with Crippen LogP contribution in [0.15, 0.2) is 46.7 Å². The van der Waals surface area contributed by atoms with Gasteiger partial charge in [0, 0.05) is 30.1 Å². The molecule has 0 radical (unpaired) electrons. The molecule has 1 saturated heterocycles. The predicted molar refractivity (Wildman–Crippen MR) is 105 cm³/mol. The molecular formula is C19H24N2O3S2. The molecule has 1 N–H and O–H groups in total. The number of benzene rings is 1. The first-order chi connectivity index (χ1) is 12.6. The van der Waals surface area contributed by atoms with E-state index in [1.807, 2.05) is 17.5 Å². The Labute approximate surface area is 159 Å². The first-order valence-corrected chi connectivity index (χ1v) is 11.3. The van der Waals surface area contributed by atoms with E-state index in [0.29, 0.717) is 31.6 Å². The number of thiophene rings is 1. The zero-order chi connectivity index (χ0) is 18.4. The second-order valence-corrected chi connectivity index (χ2v) is 9.44. The lowest BCUT2D eigenvalue weighted by molar-refractivity contribution is -0.116. The number of aryl methyl sites for hydroxylation is 1. The SMILES string of the molecule is O=C(CCc1cccs1)Nc1ccc(S(=O)(=O)N2CCCCCC2)cc1. The second-order valence-electron chi connectivity index (χ2n) is 6.47. The average molecular weight is 393 g/mol. The molecule has 7 heteroatoms. The molecule has 1 fully saturated rings. The lowest BCUT2D eigenvalue weighted by atomic mass is 10.2. The van der Waals surface area contributed by atoms with Crippen LogP contribution in [0.4, 0.5) is 5.69 Å². The lowest BCUT2D eigenvalue weighted by Gasteiger charge is -2.20. The minimum absolute atomic E-state index is 0.0680. The first-order valence-electron chi connectivity index (χ1n) is 8.98. The number of nitrogens with zero attached hydrogens (tertiary/aromatic N) is 1. The van der Waals surface area contributed by atoms with Gasteiger partial charge in [0.15, 0.2) is 0 Å². The highest BCUT2D eigenvalue weighted by Gasteiger charge is 2.24. The summed E-state index contributed by atoms with van der Waals surface area (Å²) in [5.74, 6) is -0.0680. The molecule has 26 heavy (non-hydrogen) atoms. The summed E-state index contributed by atoms with van der Waals surface area (Å²) in [6.45, 7) is 1.17. The zero-order valence-corrected chi connectivity index (χ0v) is 16.3. The molecule has 0 aliphatic carbocycles. The molecule has 0 bridgehead atoms. The number of carbonyl (C=O) groups excluding carboxylic acids is 1. The fourth-order valence-electron chi connectivity index (χ4n) is 3.06. The van der Waals surface area contributed by atoms with Crippen LogP contribution in [0.5, 0.6) is 0 Å². The summed E-state index contributed by atoms with van der Waals surface area (Å²) in [5, 5.41) is 4.83. The number of nitrogens with one attached hydrogen (secondary N) is 1. The van der Waals surface area contributed by atoms with E-state index in [1.54, 1.807) is 39.9 Å². The molecule has 0 unspecified atom stereocenters. The number of carbonyl (C=O) groups is 1. The van der Waals surface area contributed by atoms with Gasteiger partial charge in [-0.05, 0) is 55.0 Å². The third-order valence-electron chi connectivity index (χ3n) is 4.52. The molecule has 1 aliphatic rings. The van der Waals surface area contributed by atoms with Crippen molar-refractivity contribution in [2.45, 2.75) is 43.4 Å². The Hall–Kier alpha value is -1.70. The third kappa shape index (κ3) is 4.93. The summed E-state index contributed by atoms with van der Waals surface area (Å²) in [7, 11) is -3.45. The van der Waals surface area contributed by atoms with Gasteiger partial charge in [-0.3, -0.25) is 4.79 Å². The highest BCUT2D eigenvalue weighted by atomic mass is 32.2. The molecule has 0 saturated carbocycles. The van der Waals surface area contributed by atoms with Crippen LogP contribution < -0.4 is 5.32 Å². The molecule has 5 nitrogen and oxygen atoms in total. The van der Waals surface area contributed by atoms with E-state index in [1.165, 1.54) is 4.88 Å². The smallest absolute Gasteiger partial charge is 0.243 e. The van der Waals surface area contributed by atoms with Crippen LogP contribution in [0.25, 0.3) is 0 Å². The van der Waals surface area contributed by atoms with Crippen LogP contribution in [-0.4, -0.2) is 31.7 Å². The van der Waals surface area contributed by atoms with Crippen molar-refractivity contribution in [1.29, 1.82) is 0 Å². The molecule has 1 aliphatic heterocycles. The van der Waals surface area contributed by atoms with Crippen molar-refractivity contribution in [2.75, 3.05) is 18.4 Å². The normalized spacial score (nSPS) is 16.2. The van der Waals surface area contributed by atoms with Crippen LogP contribution in [0.2, 0.25) is 0 Å². The third-order valence-corrected chi connectivity index (χ3v) is 7.37. The van der Waals surface area contributed by atoms with Crippen LogP contribution >= 0.6 is 11.3 Å². The van der Waals surface area contributed by atoms with E-state index in [2.05, 4.69) is 5.32 Å². The van der Waals surface area contributed by atoms with Crippen molar-refractivity contribution >= 4 is 33.0 Å². The van der Waals surface area contributed by atoms with Crippen LogP contribution in [0.1, 0.15) is 37.0 Å². The summed E-state index contributed by atoms with van der Waals surface area (Å²) < 4.78 is 27.1. The minimum atomic E-state index is -3.45. The highest BCUT2D eigenvalue weighted by molar-refractivity contribution is 7.89. The number of sulfonamides is 1. The maximum atomic E-state index is 12.7. The van der Waals surface area contributed by atoms with Gasteiger partial charge in [0.25, 0.3) is 0 Å². The van der Waals surface area contributed by atoms with E-state index < -0.39 is 10.0 Å². The molecule has 1 amide bonds.